The predicted octanol–water partition coefficient (Wildman–Crippen LogP) is 5.70. The smallest absolute Gasteiger partial charge is 0.0259 e. The molecule has 1 atom stereocenters. The van der Waals surface area contributed by atoms with Gasteiger partial charge in [-0.2, -0.15) is 0 Å². The van der Waals surface area contributed by atoms with Gasteiger partial charge in [0.2, 0.25) is 0 Å². The first-order chi connectivity index (χ1) is 8.33. The molecule has 0 saturated heterocycles. The maximum Gasteiger partial charge on any atom is -0.0259 e. The standard InChI is InChI=1S/C17H26/c1-3-4-5-6-8-11-16(2)14-15-17-12-9-7-10-13-17/h7,9-10,12-16H,3-6,8,11H2,1-2H3/b15-14+. The van der Waals surface area contributed by atoms with Crippen molar-refractivity contribution in [2.75, 3.05) is 0 Å². The molecule has 1 aromatic rings. The summed E-state index contributed by atoms with van der Waals surface area (Å²) in [5, 5.41) is 0. The van der Waals surface area contributed by atoms with Crippen molar-refractivity contribution in [1.29, 1.82) is 0 Å². The first-order valence-corrected chi connectivity index (χ1v) is 7.06. The fourth-order valence-electron chi connectivity index (χ4n) is 2.01. The molecule has 0 bridgehead atoms. The van der Waals surface area contributed by atoms with Gasteiger partial charge in [-0.1, -0.05) is 88.4 Å². The molecule has 0 aliphatic rings. The van der Waals surface area contributed by atoms with Crippen molar-refractivity contribution in [3.8, 4) is 0 Å². The van der Waals surface area contributed by atoms with Crippen LogP contribution in [0.2, 0.25) is 0 Å². The Balaban J connectivity index is 2.16. The van der Waals surface area contributed by atoms with Gasteiger partial charge in [0.05, 0.1) is 0 Å². The van der Waals surface area contributed by atoms with Gasteiger partial charge in [0.15, 0.2) is 0 Å². The fourth-order valence-corrected chi connectivity index (χ4v) is 2.01. The highest BCUT2D eigenvalue weighted by Gasteiger charge is 1.97. The van der Waals surface area contributed by atoms with Crippen molar-refractivity contribution in [1.82, 2.24) is 0 Å². The van der Waals surface area contributed by atoms with Gasteiger partial charge in [-0.25, -0.2) is 0 Å². The number of rotatable bonds is 8. The molecule has 0 aliphatic heterocycles. The molecule has 0 aliphatic carbocycles. The second-order valence-electron chi connectivity index (χ2n) is 4.95. The van der Waals surface area contributed by atoms with Crippen molar-refractivity contribution in [3.63, 3.8) is 0 Å². The van der Waals surface area contributed by atoms with E-state index in [0.717, 1.165) is 0 Å². The summed E-state index contributed by atoms with van der Waals surface area (Å²) in [6, 6.07) is 10.6. The highest BCUT2D eigenvalue weighted by atomic mass is 14.0. The van der Waals surface area contributed by atoms with Crippen LogP contribution in [0.25, 0.3) is 6.08 Å². The van der Waals surface area contributed by atoms with Crippen LogP contribution >= 0.6 is 0 Å². The zero-order valence-electron chi connectivity index (χ0n) is 11.4. The van der Waals surface area contributed by atoms with Crippen LogP contribution in [0, 0.1) is 5.92 Å². The molecule has 17 heavy (non-hydrogen) atoms. The van der Waals surface area contributed by atoms with Crippen LogP contribution < -0.4 is 0 Å². The Labute approximate surface area is 107 Å². The first kappa shape index (κ1) is 14.0. The number of unbranched alkanes of at least 4 members (excludes halogenated alkanes) is 4. The number of allylic oxidation sites excluding steroid dienone is 1. The van der Waals surface area contributed by atoms with E-state index in [9.17, 15) is 0 Å². The van der Waals surface area contributed by atoms with Gasteiger partial charge in [-0.15, -0.1) is 0 Å². The highest BCUT2D eigenvalue weighted by molar-refractivity contribution is 5.48. The lowest BCUT2D eigenvalue weighted by Crippen LogP contribution is -1.89. The Morgan fingerprint density at radius 2 is 1.71 bits per heavy atom. The minimum atomic E-state index is 0.705. The summed E-state index contributed by atoms with van der Waals surface area (Å²) in [7, 11) is 0. The van der Waals surface area contributed by atoms with E-state index in [1.807, 2.05) is 0 Å². The van der Waals surface area contributed by atoms with Crippen molar-refractivity contribution < 1.29 is 0 Å². The summed E-state index contributed by atoms with van der Waals surface area (Å²) in [4.78, 5) is 0. The van der Waals surface area contributed by atoms with E-state index < -0.39 is 0 Å². The topological polar surface area (TPSA) is 0 Å². The van der Waals surface area contributed by atoms with Crippen molar-refractivity contribution in [2.45, 2.75) is 52.4 Å². The van der Waals surface area contributed by atoms with Gasteiger partial charge >= 0.3 is 0 Å². The minimum absolute atomic E-state index is 0.705. The lowest BCUT2D eigenvalue weighted by molar-refractivity contribution is 0.551. The van der Waals surface area contributed by atoms with Crippen LogP contribution in [-0.4, -0.2) is 0 Å². The molecule has 0 N–H and O–H groups in total. The Bertz CT molecular complexity index is 297. The lowest BCUT2D eigenvalue weighted by atomic mass is 10.0. The van der Waals surface area contributed by atoms with Gasteiger partial charge in [0.25, 0.3) is 0 Å². The molecule has 0 spiro atoms. The molecule has 1 aromatic carbocycles. The molecule has 0 heterocycles. The van der Waals surface area contributed by atoms with E-state index in [0.29, 0.717) is 5.92 Å². The molecule has 1 unspecified atom stereocenters. The second kappa shape index (κ2) is 9.04. The third-order valence-electron chi connectivity index (χ3n) is 3.18. The van der Waals surface area contributed by atoms with Crippen molar-refractivity contribution in [3.05, 3.63) is 42.0 Å². The van der Waals surface area contributed by atoms with E-state index in [1.165, 1.54) is 44.1 Å². The van der Waals surface area contributed by atoms with E-state index in [2.05, 4.69) is 56.3 Å². The Hall–Kier alpha value is -1.04. The summed E-state index contributed by atoms with van der Waals surface area (Å²) in [6.07, 6.45) is 12.8. The van der Waals surface area contributed by atoms with Gasteiger partial charge in [-0.05, 0) is 17.9 Å². The van der Waals surface area contributed by atoms with Gasteiger partial charge in [0, 0.05) is 0 Å². The maximum atomic E-state index is 2.34. The fraction of sp³-hybridized carbons (Fsp3) is 0.529. The highest BCUT2D eigenvalue weighted by Crippen LogP contribution is 2.14. The molecular formula is C17H26. The summed E-state index contributed by atoms with van der Waals surface area (Å²) in [6.45, 7) is 4.59. The third-order valence-corrected chi connectivity index (χ3v) is 3.18. The van der Waals surface area contributed by atoms with Crippen LogP contribution in [0.3, 0.4) is 0 Å². The molecule has 0 aromatic heterocycles. The molecule has 94 valence electrons. The number of benzene rings is 1. The predicted molar refractivity (Wildman–Crippen MR) is 78.0 cm³/mol. The molecule has 0 saturated carbocycles. The van der Waals surface area contributed by atoms with Crippen LogP contribution in [0.4, 0.5) is 0 Å². The molecule has 0 fully saturated rings. The quantitative estimate of drug-likeness (QED) is 0.503. The summed E-state index contributed by atoms with van der Waals surface area (Å²) >= 11 is 0. The normalized spacial score (nSPS) is 13.1. The van der Waals surface area contributed by atoms with Gasteiger partial charge < -0.3 is 0 Å². The minimum Gasteiger partial charge on any atom is -0.0811 e. The maximum absolute atomic E-state index is 2.34. The van der Waals surface area contributed by atoms with Crippen LogP contribution in [0.5, 0.6) is 0 Å². The van der Waals surface area contributed by atoms with Gasteiger partial charge in [0.1, 0.15) is 0 Å². The van der Waals surface area contributed by atoms with E-state index >= 15 is 0 Å². The van der Waals surface area contributed by atoms with Gasteiger partial charge in [-0.3, -0.25) is 0 Å². The Morgan fingerprint density at radius 1 is 1.00 bits per heavy atom. The average Bonchev–Trinajstić information content (AvgIpc) is 2.37. The number of hydrogen-bond acceptors (Lipinski definition) is 0. The molecule has 1 rings (SSSR count). The average molecular weight is 230 g/mol. The molecular weight excluding hydrogens is 204 g/mol. The largest absolute Gasteiger partial charge is 0.0811 e. The monoisotopic (exact) mass is 230 g/mol. The van der Waals surface area contributed by atoms with Crippen LogP contribution in [0.1, 0.15) is 57.9 Å². The van der Waals surface area contributed by atoms with Crippen molar-refractivity contribution in [2.24, 2.45) is 5.92 Å². The molecule has 0 amide bonds. The summed E-state index contributed by atoms with van der Waals surface area (Å²) in [5.41, 5.74) is 1.31. The molecule has 0 radical (unpaired) electrons. The van der Waals surface area contributed by atoms with Crippen LogP contribution in [0.15, 0.2) is 36.4 Å². The van der Waals surface area contributed by atoms with E-state index in [-0.39, 0.29) is 0 Å². The van der Waals surface area contributed by atoms with Crippen molar-refractivity contribution >= 4 is 6.08 Å². The lowest BCUT2D eigenvalue weighted by Gasteiger charge is -2.05. The van der Waals surface area contributed by atoms with Crippen LogP contribution in [-0.2, 0) is 0 Å². The third kappa shape index (κ3) is 6.99. The number of hydrogen-bond donors (Lipinski definition) is 0. The van der Waals surface area contributed by atoms with E-state index in [4.69, 9.17) is 0 Å². The van der Waals surface area contributed by atoms with E-state index in [1.54, 1.807) is 0 Å². The zero-order valence-corrected chi connectivity index (χ0v) is 11.4. The first-order valence-electron chi connectivity index (χ1n) is 7.06. The molecule has 0 heteroatoms. The Kier molecular flexibility index (Phi) is 7.46. The SMILES string of the molecule is CCCCCCCC(C)/C=C/c1ccccc1. The zero-order chi connectivity index (χ0) is 12.3. The molecule has 0 nitrogen and oxygen atoms in total. The second-order valence-corrected chi connectivity index (χ2v) is 4.95. The summed E-state index contributed by atoms with van der Waals surface area (Å²) in [5.74, 6) is 0.705. The summed E-state index contributed by atoms with van der Waals surface area (Å²) < 4.78 is 0. The Morgan fingerprint density at radius 3 is 2.41 bits per heavy atom.